The van der Waals surface area contributed by atoms with Crippen molar-refractivity contribution in [2.24, 2.45) is 0 Å². The van der Waals surface area contributed by atoms with Crippen LogP contribution in [-0.2, 0) is 4.74 Å². The highest BCUT2D eigenvalue weighted by atomic mass is 16.5. The van der Waals surface area contributed by atoms with Gasteiger partial charge in [-0.3, -0.25) is 14.6 Å². The summed E-state index contributed by atoms with van der Waals surface area (Å²) in [5.74, 6) is -0.378. The molecule has 2 amide bonds. The Kier molecular flexibility index (Phi) is 8.39. The number of hydrogen-bond acceptors (Lipinski definition) is 7. The summed E-state index contributed by atoms with van der Waals surface area (Å²) in [4.78, 5) is 34.9. The van der Waals surface area contributed by atoms with Gasteiger partial charge in [-0.2, -0.15) is 5.26 Å². The van der Waals surface area contributed by atoms with E-state index in [9.17, 15) is 14.9 Å². The van der Waals surface area contributed by atoms with Gasteiger partial charge in [-0.25, -0.2) is 0 Å². The van der Waals surface area contributed by atoms with Crippen LogP contribution < -0.4 is 15.5 Å². The van der Waals surface area contributed by atoms with Crippen molar-refractivity contribution in [2.45, 2.75) is 25.8 Å². The van der Waals surface area contributed by atoms with E-state index >= 15 is 0 Å². The molecule has 0 saturated carbocycles. The summed E-state index contributed by atoms with van der Waals surface area (Å²) >= 11 is 0. The largest absolute Gasteiger partial charge is 0.378 e. The number of nitriles is 1. The number of aryl methyl sites for hydroxylation is 1. The van der Waals surface area contributed by atoms with Crippen molar-refractivity contribution < 1.29 is 14.3 Å². The maximum absolute atomic E-state index is 13.2. The van der Waals surface area contributed by atoms with Crippen LogP contribution in [0.15, 0.2) is 54.7 Å². The number of morpholine rings is 1. The van der Waals surface area contributed by atoms with Crippen LogP contribution in [0.5, 0.6) is 0 Å². The number of likely N-dealkylation sites (tertiary alicyclic amines) is 1. The molecule has 2 aromatic carbocycles. The predicted molar refractivity (Wildman–Crippen MR) is 155 cm³/mol. The first-order chi connectivity index (χ1) is 19.4. The Balaban J connectivity index is 1.29. The van der Waals surface area contributed by atoms with Gasteiger partial charge in [-0.1, -0.05) is 12.1 Å². The average molecular weight is 539 g/mol. The van der Waals surface area contributed by atoms with Gasteiger partial charge in [0.2, 0.25) is 0 Å². The number of amides is 2. The fraction of sp³-hybridized carbons (Fsp3) is 0.355. The van der Waals surface area contributed by atoms with E-state index in [0.717, 1.165) is 48.4 Å². The van der Waals surface area contributed by atoms with Gasteiger partial charge >= 0.3 is 0 Å². The number of ether oxygens (including phenoxy) is 1. The summed E-state index contributed by atoms with van der Waals surface area (Å²) in [6.07, 6.45) is 3.54. The van der Waals surface area contributed by atoms with Crippen molar-refractivity contribution >= 4 is 23.2 Å². The number of nitrogens with zero attached hydrogens (tertiary/aromatic N) is 4. The van der Waals surface area contributed by atoms with Gasteiger partial charge in [0.1, 0.15) is 0 Å². The first kappa shape index (κ1) is 27.3. The maximum Gasteiger partial charge on any atom is 0.255 e. The van der Waals surface area contributed by atoms with E-state index in [1.54, 1.807) is 24.4 Å². The van der Waals surface area contributed by atoms with Crippen LogP contribution >= 0.6 is 0 Å². The van der Waals surface area contributed by atoms with E-state index < -0.39 is 0 Å². The number of nitrogens with one attached hydrogen (secondary N) is 2. The van der Waals surface area contributed by atoms with E-state index in [1.807, 2.05) is 37.3 Å². The van der Waals surface area contributed by atoms with Crippen LogP contribution in [0.3, 0.4) is 0 Å². The van der Waals surface area contributed by atoms with E-state index in [0.29, 0.717) is 48.7 Å². The topological polar surface area (TPSA) is 111 Å². The molecule has 9 nitrogen and oxygen atoms in total. The summed E-state index contributed by atoms with van der Waals surface area (Å²) < 4.78 is 5.43. The molecular weight excluding hydrogens is 504 g/mol. The lowest BCUT2D eigenvalue weighted by Crippen LogP contribution is -2.43. The quantitative estimate of drug-likeness (QED) is 0.491. The number of benzene rings is 2. The van der Waals surface area contributed by atoms with Gasteiger partial charge in [0, 0.05) is 47.2 Å². The smallest absolute Gasteiger partial charge is 0.255 e. The number of rotatable bonds is 6. The van der Waals surface area contributed by atoms with Crippen molar-refractivity contribution in [3.05, 3.63) is 77.1 Å². The number of anilines is 2. The van der Waals surface area contributed by atoms with Crippen molar-refractivity contribution in [1.29, 1.82) is 5.26 Å². The molecule has 206 valence electrons. The van der Waals surface area contributed by atoms with Crippen LogP contribution in [0.2, 0.25) is 0 Å². The zero-order chi connectivity index (χ0) is 28.1. The van der Waals surface area contributed by atoms with Crippen LogP contribution in [0.4, 0.5) is 11.4 Å². The number of piperidine rings is 1. The molecular formula is C31H34N6O3. The van der Waals surface area contributed by atoms with Crippen molar-refractivity contribution in [3.63, 3.8) is 0 Å². The van der Waals surface area contributed by atoms with E-state index in [2.05, 4.69) is 38.5 Å². The standard InChI is InChI=1S/C31H34N6O3/c1-21-29(23-3-5-24(6-4-23)30(38)34-26-7-9-36(2)10-8-26)18-27(20-33-21)35-31(39)25-15-22(19-32)16-28(17-25)37-11-13-40-14-12-37/h3-6,15-18,20,26H,7-14H2,1-2H3,(H,34,38)(H,35,39). The molecule has 2 fully saturated rings. The fourth-order valence-corrected chi connectivity index (χ4v) is 5.13. The van der Waals surface area contributed by atoms with Crippen LogP contribution in [-0.4, -0.2) is 74.2 Å². The minimum Gasteiger partial charge on any atom is -0.378 e. The normalized spacial score (nSPS) is 16.3. The Morgan fingerprint density at radius 2 is 1.70 bits per heavy atom. The summed E-state index contributed by atoms with van der Waals surface area (Å²) in [5.41, 5.74) is 5.39. The fourth-order valence-electron chi connectivity index (χ4n) is 5.13. The Morgan fingerprint density at radius 1 is 0.975 bits per heavy atom. The SMILES string of the molecule is Cc1ncc(NC(=O)c2cc(C#N)cc(N3CCOCC3)c2)cc1-c1ccc(C(=O)NC2CCN(C)CC2)cc1. The molecule has 0 unspecified atom stereocenters. The minimum absolute atomic E-state index is 0.0620. The molecule has 3 heterocycles. The molecule has 0 spiro atoms. The number of carbonyl (C=O) groups excluding carboxylic acids is 2. The van der Waals surface area contributed by atoms with Crippen molar-refractivity contribution in [2.75, 3.05) is 56.7 Å². The highest BCUT2D eigenvalue weighted by Gasteiger charge is 2.20. The predicted octanol–water partition coefficient (Wildman–Crippen LogP) is 3.84. The Bertz CT molecular complexity index is 1420. The first-order valence-electron chi connectivity index (χ1n) is 13.7. The first-order valence-corrected chi connectivity index (χ1v) is 13.7. The van der Waals surface area contributed by atoms with E-state index in [1.165, 1.54) is 0 Å². The molecule has 9 heteroatoms. The average Bonchev–Trinajstić information content (AvgIpc) is 2.99. The Hall–Kier alpha value is -4.26. The van der Waals surface area contributed by atoms with Crippen LogP contribution in [0, 0.1) is 18.3 Å². The van der Waals surface area contributed by atoms with Crippen molar-refractivity contribution in [1.82, 2.24) is 15.2 Å². The summed E-state index contributed by atoms with van der Waals surface area (Å²) in [5, 5.41) is 15.6. The van der Waals surface area contributed by atoms with Gasteiger partial charge in [0.15, 0.2) is 0 Å². The highest BCUT2D eigenvalue weighted by molar-refractivity contribution is 6.05. The second-order valence-corrected chi connectivity index (χ2v) is 10.4. The van der Waals surface area contributed by atoms with Crippen LogP contribution in [0.1, 0.15) is 44.8 Å². The second-order valence-electron chi connectivity index (χ2n) is 10.4. The van der Waals surface area contributed by atoms with Crippen LogP contribution in [0.25, 0.3) is 11.1 Å². The monoisotopic (exact) mass is 538 g/mol. The molecule has 2 aliphatic heterocycles. The number of aromatic nitrogens is 1. The molecule has 0 aliphatic carbocycles. The molecule has 40 heavy (non-hydrogen) atoms. The van der Waals surface area contributed by atoms with Gasteiger partial charge in [-0.15, -0.1) is 0 Å². The van der Waals surface area contributed by atoms with Gasteiger partial charge in [0.05, 0.1) is 36.7 Å². The molecule has 2 aliphatic rings. The molecule has 2 N–H and O–H groups in total. The van der Waals surface area contributed by atoms with Crippen molar-refractivity contribution in [3.8, 4) is 17.2 Å². The molecule has 5 rings (SSSR count). The number of pyridine rings is 1. The lowest BCUT2D eigenvalue weighted by atomic mass is 10.0. The summed E-state index contributed by atoms with van der Waals surface area (Å²) in [6.45, 7) is 6.52. The molecule has 0 bridgehead atoms. The molecule has 1 aromatic heterocycles. The third kappa shape index (κ3) is 6.47. The third-order valence-corrected chi connectivity index (χ3v) is 7.54. The third-order valence-electron chi connectivity index (χ3n) is 7.54. The molecule has 3 aromatic rings. The van der Waals surface area contributed by atoms with Gasteiger partial charge in [-0.05, 0) is 81.9 Å². The molecule has 0 atom stereocenters. The lowest BCUT2D eigenvalue weighted by Gasteiger charge is -2.29. The number of carbonyl (C=O) groups is 2. The number of hydrogen-bond donors (Lipinski definition) is 2. The molecule has 2 saturated heterocycles. The maximum atomic E-state index is 13.2. The summed E-state index contributed by atoms with van der Waals surface area (Å²) in [7, 11) is 2.10. The zero-order valence-corrected chi connectivity index (χ0v) is 22.9. The summed E-state index contributed by atoms with van der Waals surface area (Å²) in [6, 6.07) is 16.9. The van der Waals surface area contributed by atoms with E-state index in [4.69, 9.17) is 4.74 Å². The second kappa shape index (κ2) is 12.3. The Labute approximate surface area is 234 Å². The van der Waals surface area contributed by atoms with Gasteiger partial charge in [0.25, 0.3) is 11.8 Å². The Morgan fingerprint density at radius 3 is 2.40 bits per heavy atom. The van der Waals surface area contributed by atoms with Gasteiger partial charge < -0.3 is 25.2 Å². The zero-order valence-electron chi connectivity index (χ0n) is 22.9. The van der Waals surface area contributed by atoms with E-state index in [-0.39, 0.29) is 17.9 Å². The lowest BCUT2D eigenvalue weighted by molar-refractivity contribution is 0.0916. The highest BCUT2D eigenvalue weighted by Crippen LogP contribution is 2.27. The minimum atomic E-state index is -0.316. The molecule has 0 radical (unpaired) electrons.